The predicted octanol–water partition coefficient (Wildman–Crippen LogP) is 6.75. The van der Waals surface area contributed by atoms with Gasteiger partial charge in [0.05, 0.1) is 18.8 Å². The lowest BCUT2D eigenvalue weighted by molar-refractivity contribution is 0.0214. The molecule has 0 spiro atoms. The van der Waals surface area contributed by atoms with E-state index in [4.69, 9.17) is 20.9 Å². The molecule has 1 fully saturated rings. The molecular weight excluding hydrogens is 490 g/mol. The van der Waals surface area contributed by atoms with Gasteiger partial charge in [-0.15, -0.1) is 10.2 Å². The molecule has 8 nitrogen and oxygen atoms in total. The third-order valence-electron chi connectivity index (χ3n) is 7.26. The maximum absolute atomic E-state index is 13.0. The van der Waals surface area contributed by atoms with Gasteiger partial charge < -0.3 is 9.26 Å². The normalized spacial score (nSPS) is 19.8. The molecule has 2 aromatic heterocycles. The second-order valence-corrected chi connectivity index (χ2v) is 11.5. The van der Waals surface area contributed by atoms with E-state index < -0.39 is 5.60 Å². The first kappa shape index (κ1) is 24.0. The Labute approximate surface area is 220 Å². The Morgan fingerprint density at radius 3 is 2.57 bits per heavy atom. The van der Waals surface area contributed by atoms with Gasteiger partial charge in [-0.3, -0.25) is 9.47 Å². The molecule has 1 saturated carbocycles. The summed E-state index contributed by atoms with van der Waals surface area (Å²) in [6.45, 7) is 6.30. The van der Waals surface area contributed by atoms with E-state index in [1.165, 1.54) is 0 Å². The minimum atomic E-state index is -0.590. The number of hydrogen-bond acceptors (Lipinski definition) is 6. The van der Waals surface area contributed by atoms with Crippen molar-refractivity contribution in [3.63, 3.8) is 0 Å². The zero-order valence-corrected chi connectivity index (χ0v) is 22.0. The molecule has 192 valence electrons. The van der Waals surface area contributed by atoms with Crippen LogP contribution in [-0.4, -0.2) is 36.5 Å². The van der Waals surface area contributed by atoms with Gasteiger partial charge in [0.2, 0.25) is 0 Å². The Kier molecular flexibility index (Phi) is 5.94. The summed E-state index contributed by atoms with van der Waals surface area (Å²) in [5.41, 5.74) is 2.23. The molecule has 0 unspecified atom stereocenters. The van der Waals surface area contributed by atoms with Gasteiger partial charge >= 0.3 is 6.09 Å². The summed E-state index contributed by atoms with van der Waals surface area (Å²) in [6.07, 6.45) is 3.54. The van der Waals surface area contributed by atoms with Crippen molar-refractivity contribution in [3.8, 4) is 5.69 Å². The van der Waals surface area contributed by atoms with E-state index in [9.17, 15) is 4.79 Å². The first-order valence-corrected chi connectivity index (χ1v) is 13.2. The summed E-state index contributed by atoms with van der Waals surface area (Å²) in [5, 5.41) is 15.2. The van der Waals surface area contributed by atoms with Crippen LogP contribution in [-0.2, 0) is 17.8 Å². The number of ether oxygens (including phenoxy) is 1. The maximum atomic E-state index is 13.0. The lowest BCUT2D eigenvalue weighted by atomic mass is 9.80. The van der Waals surface area contributed by atoms with Crippen LogP contribution in [0.5, 0.6) is 0 Å². The molecule has 2 aromatic carbocycles. The Morgan fingerprint density at radius 1 is 1.03 bits per heavy atom. The van der Waals surface area contributed by atoms with Gasteiger partial charge in [-0.25, -0.2) is 4.79 Å². The third kappa shape index (κ3) is 4.59. The Balaban J connectivity index is 1.29. The van der Waals surface area contributed by atoms with E-state index in [0.29, 0.717) is 24.0 Å². The van der Waals surface area contributed by atoms with Gasteiger partial charge in [0.15, 0.2) is 5.82 Å². The Hall–Kier alpha value is -3.39. The van der Waals surface area contributed by atoms with Gasteiger partial charge in [-0.1, -0.05) is 28.9 Å². The molecule has 1 amide bonds. The highest BCUT2D eigenvalue weighted by Gasteiger charge is 2.34. The van der Waals surface area contributed by atoms with Crippen LogP contribution in [0.3, 0.4) is 0 Å². The zero-order valence-electron chi connectivity index (χ0n) is 21.3. The SMILES string of the molecule is CC(C)(C)OC(=O)N1Cc2cc(Cl)ccc2-n2c(nnc2C2CCC(c3onc4ccccc34)CC2)C1. The van der Waals surface area contributed by atoms with Crippen LogP contribution < -0.4 is 0 Å². The lowest BCUT2D eigenvalue weighted by Crippen LogP contribution is -2.35. The van der Waals surface area contributed by atoms with Crippen LogP contribution >= 0.6 is 11.6 Å². The monoisotopic (exact) mass is 519 g/mol. The molecular formula is C28H30ClN5O3. The fraction of sp³-hybridized carbons (Fsp3) is 0.429. The average Bonchev–Trinajstić information content (AvgIpc) is 3.43. The second kappa shape index (κ2) is 9.17. The number of amides is 1. The van der Waals surface area contributed by atoms with Gasteiger partial charge in [0.1, 0.15) is 22.7 Å². The molecule has 1 aliphatic carbocycles. The van der Waals surface area contributed by atoms with Crippen LogP contribution in [0.15, 0.2) is 47.0 Å². The number of benzene rings is 2. The number of rotatable bonds is 2. The van der Waals surface area contributed by atoms with Gasteiger partial charge in [0, 0.05) is 22.2 Å². The van der Waals surface area contributed by atoms with Gasteiger partial charge in [0.25, 0.3) is 0 Å². The molecule has 0 saturated heterocycles. The number of halogens is 1. The summed E-state index contributed by atoms with van der Waals surface area (Å²) in [4.78, 5) is 14.7. The fourth-order valence-corrected chi connectivity index (χ4v) is 5.76. The second-order valence-electron chi connectivity index (χ2n) is 11.0. The minimum Gasteiger partial charge on any atom is -0.444 e. The molecule has 1 aliphatic heterocycles. The van der Waals surface area contributed by atoms with Crippen molar-refractivity contribution < 1.29 is 14.1 Å². The van der Waals surface area contributed by atoms with Crippen molar-refractivity contribution in [1.29, 1.82) is 0 Å². The minimum absolute atomic E-state index is 0.253. The molecule has 37 heavy (non-hydrogen) atoms. The highest BCUT2D eigenvalue weighted by atomic mass is 35.5. The summed E-state index contributed by atoms with van der Waals surface area (Å²) in [7, 11) is 0. The van der Waals surface area contributed by atoms with E-state index >= 15 is 0 Å². The highest BCUT2D eigenvalue weighted by Crippen LogP contribution is 2.43. The molecule has 2 aliphatic rings. The van der Waals surface area contributed by atoms with Crippen molar-refractivity contribution in [2.45, 2.75) is 77.0 Å². The van der Waals surface area contributed by atoms with E-state index in [-0.39, 0.29) is 12.0 Å². The molecule has 0 bridgehead atoms. The van der Waals surface area contributed by atoms with Crippen LogP contribution in [0.4, 0.5) is 4.79 Å². The largest absolute Gasteiger partial charge is 0.444 e. The smallest absolute Gasteiger partial charge is 0.411 e. The van der Waals surface area contributed by atoms with Crippen molar-refractivity contribution in [1.82, 2.24) is 24.8 Å². The summed E-state index contributed by atoms with van der Waals surface area (Å²) in [5.74, 6) is 3.24. The lowest BCUT2D eigenvalue weighted by Gasteiger charge is -2.27. The number of carbonyl (C=O) groups excluding carboxylic acids is 1. The van der Waals surface area contributed by atoms with E-state index in [2.05, 4.69) is 26.0 Å². The number of hydrogen-bond donors (Lipinski definition) is 0. The Morgan fingerprint density at radius 2 is 1.78 bits per heavy atom. The number of nitrogens with zero attached hydrogens (tertiary/aromatic N) is 5. The van der Waals surface area contributed by atoms with Crippen molar-refractivity contribution in [2.24, 2.45) is 0 Å². The fourth-order valence-electron chi connectivity index (χ4n) is 5.56. The van der Waals surface area contributed by atoms with Gasteiger partial charge in [-0.05, 0) is 82.3 Å². The predicted molar refractivity (Wildman–Crippen MR) is 140 cm³/mol. The summed E-state index contributed by atoms with van der Waals surface area (Å²) < 4.78 is 13.6. The first-order chi connectivity index (χ1) is 17.8. The molecule has 9 heteroatoms. The number of aromatic nitrogens is 4. The van der Waals surface area contributed by atoms with Crippen molar-refractivity contribution in [2.75, 3.05) is 0 Å². The molecule has 0 N–H and O–H groups in total. The van der Waals surface area contributed by atoms with Crippen LogP contribution in [0, 0.1) is 0 Å². The van der Waals surface area contributed by atoms with E-state index in [0.717, 1.165) is 65.2 Å². The van der Waals surface area contributed by atoms with E-state index in [1.807, 2.05) is 57.2 Å². The van der Waals surface area contributed by atoms with Crippen LogP contribution in [0.1, 0.15) is 81.3 Å². The van der Waals surface area contributed by atoms with Crippen molar-refractivity contribution >= 4 is 28.6 Å². The summed E-state index contributed by atoms with van der Waals surface area (Å²) >= 11 is 6.37. The third-order valence-corrected chi connectivity index (χ3v) is 7.49. The number of carbonyl (C=O) groups is 1. The van der Waals surface area contributed by atoms with Crippen LogP contribution in [0.25, 0.3) is 16.6 Å². The zero-order chi connectivity index (χ0) is 25.7. The molecule has 0 atom stereocenters. The standard InChI is InChI=1S/C28H30ClN5O3/c1-28(2,3)36-27(35)33-15-19-14-20(29)12-13-23(19)34-24(16-33)30-31-26(34)18-10-8-17(9-11-18)25-21-6-4-5-7-22(21)32-37-25/h4-7,12-14,17-18H,8-11,15-16H2,1-3H3. The quantitative estimate of drug-likeness (QED) is 0.291. The molecule has 3 heterocycles. The number of fused-ring (bicyclic) bond motifs is 4. The first-order valence-electron chi connectivity index (χ1n) is 12.8. The van der Waals surface area contributed by atoms with Gasteiger partial charge in [-0.2, -0.15) is 0 Å². The highest BCUT2D eigenvalue weighted by molar-refractivity contribution is 6.30. The van der Waals surface area contributed by atoms with E-state index in [1.54, 1.807) is 4.90 Å². The molecule has 6 rings (SSSR count). The molecule has 0 radical (unpaired) electrons. The summed E-state index contributed by atoms with van der Waals surface area (Å²) in [6, 6.07) is 13.9. The molecule has 4 aromatic rings. The Bertz CT molecular complexity index is 1460. The van der Waals surface area contributed by atoms with Crippen LogP contribution in [0.2, 0.25) is 5.02 Å². The maximum Gasteiger partial charge on any atom is 0.411 e. The average molecular weight is 520 g/mol. The topological polar surface area (TPSA) is 86.3 Å². The van der Waals surface area contributed by atoms with Crippen molar-refractivity contribution in [3.05, 3.63) is 70.5 Å².